The lowest BCUT2D eigenvalue weighted by Crippen LogP contribution is -2.11. The highest BCUT2D eigenvalue weighted by atomic mass is 19.1. The summed E-state index contributed by atoms with van der Waals surface area (Å²) in [4.78, 5) is 0. The Labute approximate surface area is 92.5 Å². The van der Waals surface area contributed by atoms with Gasteiger partial charge in [-0.1, -0.05) is 18.2 Å². The molecule has 2 nitrogen and oxygen atoms in total. The summed E-state index contributed by atoms with van der Waals surface area (Å²) in [6, 6.07) is 6.92. The number of halogens is 1. The number of para-hydroxylation sites is 1. The van der Waals surface area contributed by atoms with Crippen LogP contribution in [0.1, 0.15) is 18.6 Å². The molecule has 82 valence electrons. The van der Waals surface area contributed by atoms with Crippen molar-refractivity contribution in [3.63, 3.8) is 0 Å². The van der Waals surface area contributed by atoms with Crippen LogP contribution in [0.3, 0.4) is 0 Å². The molecule has 0 fully saturated rings. The zero-order valence-corrected chi connectivity index (χ0v) is 8.74. The zero-order chi connectivity index (χ0) is 11.1. The van der Waals surface area contributed by atoms with Gasteiger partial charge in [-0.25, -0.2) is 4.39 Å². The molecule has 1 aromatic heterocycles. The smallest absolute Gasteiger partial charge is 0.170 e. The summed E-state index contributed by atoms with van der Waals surface area (Å²) in [6.45, 7) is 0. The van der Waals surface area contributed by atoms with Crippen LogP contribution in [0.2, 0.25) is 0 Å². The Kier molecular flexibility index (Phi) is 2.07. The van der Waals surface area contributed by atoms with Crippen molar-refractivity contribution in [2.45, 2.75) is 18.9 Å². The molecule has 2 N–H and O–H groups in total. The van der Waals surface area contributed by atoms with E-state index in [0.717, 1.165) is 29.6 Å². The first kappa shape index (κ1) is 9.60. The molecule has 0 radical (unpaired) electrons. The fourth-order valence-electron chi connectivity index (χ4n) is 2.14. The van der Waals surface area contributed by atoms with E-state index in [1.807, 2.05) is 18.2 Å². The van der Waals surface area contributed by atoms with E-state index in [1.165, 1.54) is 6.07 Å². The largest absolute Gasteiger partial charge is 0.453 e. The maximum Gasteiger partial charge on any atom is 0.170 e. The molecular formula is C13H12FNO. The SMILES string of the molecule is NC1C=C(c2cc3cccc(F)c3o2)CC1. The number of benzene rings is 1. The summed E-state index contributed by atoms with van der Waals surface area (Å²) >= 11 is 0. The summed E-state index contributed by atoms with van der Waals surface area (Å²) in [7, 11) is 0. The average molecular weight is 217 g/mol. The molecule has 1 heterocycles. The Morgan fingerprint density at radius 2 is 2.25 bits per heavy atom. The molecule has 1 aliphatic rings. The van der Waals surface area contributed by atoms with E-state index in [0.29, 0.717) is 5.58 Å². The van der Waals surface area contributed by atoms with Crippen molar-refractivity contribution in [2.24, 2.45) is 5.73 Å². The standard InChI is InChI=1S/C13H12FNO/c14-11-3-1-2-9-7-12(16-13(9)11)8-4-5-10(15)6-8/h1-3,6-7,10H,4-5,15H2. The van der Waals surface area contributed by atoms with Gasteiger partial charge in [-0.2, -0.15) is 0 Å². The van der Waals surface area contributed by atoms with E-state index in [-0.39, 0.29) is 11.9 Å². The normalized spacial score (nSPS) is 20.4. The maximum absolute atomic E-state index is 13.4. The number of hydrogen-bond acceptors (Lipinski definition) is 2. The van der Waals surface area contributed by atoms with Gasteiger partial charge >= 0.3 is 0 Å². The molecule has 0 spiro atoms. The van der Waals surface area contributed by atoms with Crippen LogP contribution >= 0.6 is 0 Å². The zero-order valence-electron chi connectivity index (χ0n) is 8.74. The Balaban J connectivity index is 2.12. The predicted octanol–water partition coefficient (Wildman–Crippen LogP) is 3.08. The first-order valence-electron chi connectivity index (χ1n) is 5.39. The molecule has 1 aromatic carbocycles. The van der Waals surface area contributed by atoms with Gasteiger partial charge in [-0.15, -0.1) is 0 Å². The van der Waals surface area contributed by atoms with Gasteiger partial charge in [0.2, 0.25) is 0 Å². The molecule has 0 bridgehead atoms. The van der Waals surface area contributed by atoms with Gasteiger partial charge in [0, 0.05) is 11.4 Å². The highest BCUT2D eigenvalue weighted by Gasteiger charge is 2.17. The lowest BCUT2D eigenvalue weighted by molar-refractivity contribution is 0.550. The Morgan fingerprint density at radius 3 is 2.94 bits per heavy atom. The highest BCUT2D eigenvalue weighted by Crippen LogP contribution is 2.32. The molecule has 0 aliphatic heterocycles. The van der Waals surface area contributed by atoms with E-state index in [1.54, 1.807) is 6.07 Å². The Morgan fingerprint density at radius 1 is 1.38 bits per heavy atom. The molecule has 2 aromatic rings. The van der Waals surface area contributed by atoms with Crippen molar-refractivity contribution < 1.29 is 8.81 Å². The fourth-order valence-corrected chi connectivity index (χ4v) is 2.14. The van der Waals surface area contributed by atoms with Crippen molar-refractivity contribution >= 4 is 16.5 Å². The van der Waals surface area contributed by atoms with E-state index >= 15 is 0 Å². The van der Waals surface area contributed by atoms with Crippen LogP contribution < -0.4 is 5.73 Å². The third kappa shape index (κ3) is 1.44. The topological polar surface area (TPSA) is 39.2 Å². The predicted molar refractivity (Wildman–Crippen MR) is 61.4 cm³/mol. The maximum atomic E-state index is 13.4. The molecule has 0 saturated heterocycles. The van der Waals surface area contributed by atoms with E-state index < -0.39 is 0 Å². The minimum Gasteiger partial charge on any atom is -0.453 e. The van der Waals surface area contributed by atoms with Crippen LogP contribution in [0.25, 0.3) is 16.5 Å². The summed E-state index contributed by atoms with van der Waals surface area (Å²) < 4.78 is 19.0. The van der Waals surface area contributed by atoms with Crippen LogP contribution in [0, 0.1) is 5.82 Å². The molecule has 1 atom stereocenters. The van der Waals surface area contributed by atoms with E-state index in [9.17, 15) is 4.39 Å². The minimum atomic E-state index is -0.313. The van der Waals surface area contributed by atoms with Crippen molar-refractivity contribution in [3.8, 4) is 0 Å². The third-order valence-electron chi connectivity index (χ3n) is 2.97. The Hall–Kier alpha value is -1.61. The summed E-state index contributed by atoms with van der Waals surface area (Å²) in [5, 5.41) is 0.802. The van der Waals surface area contributed by atoms with Crippen molar-refractivity contribution in [1.82, 2.24) is 0 Å². The lowest BCUT2D eigenvalue weighted by Gasteiger charge is -1.93. The van der Waals surface area contributed by atoms with Crippen LogP contribution in [0.15, 0.2) is 34.8 Å². The number of nitrogens with two attached hydrogens (primary N) is 1. The third-order valence-corrected chi connectivity index (χ3v) is 2.97. The number of hydrogen-bond donors (Lipinski definition) is 1. The molecule has 0 saturated carbocycles. The minimum absolute atomic E-state index is 0.105. The second kappa shape index (κ2) is 3.46. The van der Waals surface area contributed by atoms with Gasteiger partial charge in [0.15, 0.2) is 11.4 Å². The number of allylic oxidation sites excluding steroid dienone is 1. The molecule has 0 amide bonds. The van der Waals surface area contributed by atoms with Crippen molar-refractivity contribution in [3.05, 3.63) is 41.9 Å². The van der Waals surface area contributed by atoms with Crippen LogP contribution in [-0.2, 0) is 0 Å². The van der Waals surface area contributed by atoms with Gasteiger partial charge in [0.1, 0.15) is 5.76 Å². The van der Waals surface area contributed by atoms with Crippen LogP contribution in [0.5, 0.6) is 0 Å². The molecular weight excluding hydrogens is 205 g/mol. The molecule has 3 rings (SSSR count). The second-order valence-corrected chi connectivity index (χ2v) is 4.16. The van der Waals surface area contributed by atoms with Gasteiger partial charge < -0.3 is 10.2 Å². The quantitative estimate of drug-likeness (QED) is 0.797. The monoisotopic (exact) mass is 217 g/mol. The van der Waals surface area contributed by atoms with Crippen LogP contribution in [0.4, 0.5) is 4.39 Å². The number of rotatable bonds is 1. The first-order valence-corrected chi connectivity index (χ1v) is 5.39. The van der Waals surface area contributed by atoms with Gasteiger partial charge in [-0.3, -0.25) is 0 Å². The first-order chi connectivity index (χ1) is 7.74. The van der Waals surface area contributed by atoms with Gasteiger partial charge in [0.05, 0.1) is 0 Å². The average Bonchev–Trinajstić information content (AvgIpc) is 2.84. The van der Waals surface area contributed by atoms with E-state index in [2.05, 4.69) is 0 Å². The summed E-state index contributed by atoms with van der Waals surface area (Å²) in [5.74, 6) is 0.430. The Bertz CT molecular complexity index is 570. The molecule has 3 heteroatoms. The molecule has 1 unspecified atom stereocenters. The summed E-state index contributed by atoms with van der Waals surface area (Å²) in [6.07, 6.45) is 3.84. The second-order valence-electron chi connectivity index (χ2n) is 4.16. The van der Waals surface area contributed by atoms with Crippen LogP contribution in [-0.4, -0.2) is 6.04 Å². The van der Waals surface area contributed by atoms with Gasteiger partial charge in [-0.05, 0) is 30.5 Å². The van der Waals surface area contributed by atoms with Crippen molar-refractivity contribution in [1.29, 1.82) is 0 Å². The lowest BCUT2D eigenvalue weighted by atomic mass is 10.1. The fraction of sp³-hybridized carbons (Fsp3) is 0.231. The highest BCUT2D eigenvalue weighted by molar-refractivity contribution is 5.82. The molecule has 16 heavy (non-hydrogen) atoms. The number of furan rings is 1. The number of fused-ring (bicyclic) bond motifs is 1. The summed E-state index contributed by atoms with van der Waals surface area (Å²) in [5.41, 5.74) is 7.21. The van der Waals surface area contributed by atoms with Gasteiger partial charge in [0.25, 0.3) is 0 Å². The molecule has 1 aliphatic carbocycles. The van der Waals surface area contributed by atoms with E-state index in [4.69, 9.17) is 10.2 Å². The van der Waals surface area contributed by atoms with Crippen molar-refractivity contribution in [2.75, 3.05) is 0 Å².